The molecule has 0 spiro atoms. The van der Waals surface area contributed by atoms with Crippen molar-refractivity contribution in [1.29, 1.82) is 0 Å². The summed E-state index contributed by atoms with van der Waals surface area (Å²) in [5, 5.41) is 0. The molecular formula is C19H24FN. The van der Waals surface area contributed by atoms with Crippen LogP contribution in [0.15, 0.2) is 42.5 Å². The van der Waals surface area contributed by atoms with Gasteiger partial charge in [-0.05, 0) is 53.1 Å². The molecule has 2 rings (SSSR count). The summed E-state index contributed by atoms with van der Waals surface area (Å²) < 4.78 is 13.2. The fourth-order valence-corrected chi connectivity index (χ4v) is 2.74. The van der Waals surface area contributed by atoms with Crippen LogP contribution < -0.4 is 5.73 Å². The van der Waals surface area contributed by atoms with Crippen molar-refractivity contribution in [3.63, 3.8) is 0 Å². The molecule has 0 aromatic heterocycles. The third kappa shape index (κ3) is 3.70. The third-order valence-corrected chi connectivity index (χ3v) is 3.91. The number of rotatable bonds is 3. The van der Waals surface area contributed by atoms with E-state index in [0.717, 1.165) is 17.5 Å². The van der Waals surface area contributed by atoms with Crippen molar-refractivity contribution in [2.24, 2.45) is 5.73 Å². The van der Waals surface area contributed by atoms with Crippen LogP contribution in [0.2, 0.25) is 0 Å². The lowest BCUT2D eigenvalue weighted by atomic mass is 9.81. The van der Waals surface area contributed by atoms with Gasteiger partial charge in [0.15, 0.2) is 0 Å². The fourth-order valence-electron chi connectivity index (χ4n) is 2.74. The molecule has 0 aliphatic carbocycles. The molecule has 0 saturated carbocycles. The zero-order chi connectivity index (χ0) is 15.6. The van der Waals surface area contributed by atoms with Crippen molar-refractivity contribution < 1.29 is 4.39 Å². The van der Waals surface area contributed by atoms with E-state index in [1.54, 1.807) is 6.07 Å². The molecule has 0 saturated heterocycles. The number of aryl methyl sites for hydroxylation is 1. The van der Waals surface area contributed by atoms with Crippen LogP contribution in [0.4, 0.5) is 4.39 Å². The van der Waals surface area contributed by atoms with E-state index in [0.29, 0.717) is 0 Å². The van der Waals surface area contributed by atoms with E-state index in [1.165, 1.54) is 17.2 Å². The zero-order valence-corrected chi connectivity index (χ0v) is 13.3. The lowest BCUT2D eigenvalue weighted by Crippen LogP contribution is -2.21. The summed E-state index contributed by atoms with van der Waals surface area (Å²) in [5.41, 5.74) is 11.0. The van der Waals surface area contributed by atoms with Gasteiger partial charge in [-0.2, -0.15) is 0 Å². The molecule has 0 aliphatic rings. The van der Waals surface area contributed by atoms with E-state index in [4.69, 9.17) is 5.73 Å². The van der Waals surface area contributed by atoms with Crippen LogP contribution in [0.25, 0.3) is 0 Å². The van der Waals surface area contributed by atoms with Gasteiger partial charge in [0.25, 0.3) is 0 Å². The molecule has 0 heterocycles. The summed E-state index contributed by atoms with van der Waals surface area (Å²) in [6, 6.07) is 13.2. The van der Waals surface area contributed by atoms with Crippen molar-refractivity contribution >= 4 is 0 Å². The predicted molar refractivity (Wildman–Crippen MR) is 86.9 cm³/mol. The van der Waals surface area contributed by atoms with Crippen molar-refractivity contribution in [1.82, 2.24) is 0 Å². The van der Waals surface area contributed by atoms with Crippen molar-refractivity contribution in [2.45, 2.75) is 45.6 Å². The fraction of sp³-hybridized carbons (Fsp3) is 0.368. The lowest BCUT2D eigenvalue weighted by molar-refractivity contribution is 0.568. The smallest absolute Gasteiger partial charge is 0.123 e. The standard InChI is InChI=1S/C19H24FN/c1-13-11-15(20)10-9-14(13)12-18(21)16-7-5-6-8-17(16)19(2,3)4/h5-11,18H,12,21H2,1-4H3. The highest BCUT2D eigenvalue weighted by molar-refractivity contribution is 5.37. The highest BCUT2D eigenvalue weighted by atomic mass is 19.1. The van der Waals surface area contributed by atoms with Gasteiger partial charge >= 0.3 is 0 Å². The Hall–Kier alpha value is -1.67. The molecule has 2 heteroatoms. The molecule has 0 radical (unpaired) electrons. The van der Waals surface area contributed by atoms with Gasteiger partial charge < -0.3 is 5.73 Å². The predicted octanol–water partition coefficient (Wildman–Crippen LogP) is 4.67. The van der Waals surface area contributed by atoms with Crippen LogP contribution >= 0.6 is 0 Å². The number of hydrogen-bond donors (Lipinski definition) is 1. The molecular weight excluding hydrogens is 261 g/mol. The van der Waals surface area contributed by atoms with Gasteiger partial charge in [0.05, 0.1) is 0 Å². The number of hydrogen-bond acceptors (Lipinski definition) is 1. The molecule has 2 aromatic rings. The summed E-state index contributed by atoms with van der Waals surface area (Å²) >= 11 is 0. The van der Waals surface area contributed by atoms with Crippen molar-refractivity contribution in [2.75, 3.05) is 0 Å². The molecule has 1 nitrogen and oxygen atoms in total. The molecule has 0 aliphatic heterocycles. The zero-order valence-electron chi connectivity index (χ0n) is 13.3. The van der Waals surface area contributed by atoms with Gasteiger partial charge in [-0.25, -0.2) is 4.39 Å². The first-order chi connectivity index (χ1) is 9.79. The highest BCUT2D eigenvalue weighted by Gasteiger charge is 2.21. The monoisotopic (exact) mass is 285 g/mol. The first-order valence-electron chi connectivity index (χ1n) is 7.39. The molecule has 2 aromatic carbocycles. The number of nitrogens with two attached hydrogens (primary N) is 1. The molecule has 0 bridgehead atoms. The molecule has 21 heavy (non-hydrogen) atoms. The second-order valence-corrected chi connectivity index (χ2v) is 6.72. The third-order valence-electron chi connectivity index (χ3n) is 3.91. The van der Waals surface area contributed by atoms with Crippen LogP contribution in [0.5, 0.6) is 0 Å². The maximum Gasteiger partial charge on any atom is 0.123 e. The topological polar surface area (TPSA) is 26.0 Å². The van der Waals surface area contributed by atoms with E-state index in [9.17, 15) is 4.39 Å². The van der Waals surface area contributed by atoms with Crippen LogP contribution in [0, 0.1) is 12.7 Å². The number of halogens is 1. The molecule has 0 amide bonds. The first kappa shape index (κ1) is 15.7. The van der Waals surface area contributed by atoms with E-state index in [2.05, 4.69) is 39.0 Å². The number of benzene rings is 2. The highest BCUT2D eigenvalue weighted by Crippen LogP contribution is 2.30. The Labute approximate surface area is 127 Å². The van der Waals surface area contributed by atoms with Crippen LogP contribution in [0.3, 0.4) is 0 Å². The van der Waals surface area contributed by atoms with Gasteiger partial charge in [0, 0.05) is 6.04 Å². The van der Waals surface area contributed by atoms with E-state index in [1.807, 2.05) is 19.1 Å². The van der Waals surface area contributed by atoms with Crippen LogP contribution in [-0.2, 0) is 11.8 Å². The summed E-state index contributed by atoms with van der Waals surface area (Å²) in [5.74, 6) is -0.195. The maximum absolute atomic E-state index is 13.2. The Balaban J connectivity index is 2.31. The Bertz CT molecular complexity index is 626. The molecule has 0 fully saturated rings. The minimum absolute atomic E-state index is 0.0616. The largest absolute Gasteiger partial charge is 0.324 e. The molecule has 112 valence electrons. The Morgan fingerprint density at radius 2 is 1.76 bits per heavy atom. The SMILES string of the molecule is Cc1cc(F)ccc1CC(N)c1ccccc1C(C)(C)C. The van der Waals surface area contributed by atoms with E-state index >= 15 is 0 Å². The molecule has 2 N–H and O–H groups in total. The molecule has 1 atom stereocenters. The Kier molecular flexibility index (Phi) is 4.48. The summed E-state index contributed by atoms with van der Waals surface area (Å²) in [6.07, 6.45) is 0.721. The minimum atomic E-state index is -0.195. The van der Waals surface area contributed by atoms with Crippen LogP contribution in [0.1, 0.15) is 49.1 Å². The maximum atomic E-state index is 13.2. The summed E-state index contributed by atoms with van der Waals surface area (Å²) in [7, 11) is 0. The molecule has 1 unspecified atom stereocenters. The van der Waals surface area contributed by atoms with E-state index in [-0.39, 0.29) is 17.3 Å². The van der Waals surface area contributed by atoms with Gasteiger partial charge in [0.2, 0.25) is 0 Å². The van der Waals surface area contributed by atoms with E-state index < -0.39 is 0 Å². The normalized spacial score (nSPS) is 13.2. The quantitative estimate of drug-likeness (QED) is 0.871. The van der Waals surface area contributed by atoms with Gasteiger partial charge in [-0.15, -0.1) is 0 Å². The second-order valence-electron chi connectivity index (χ2n) is 6.72. The average molecular weight is 285 g/mol. The van der Waals surface area contributed by atoms with Gasteiger partial charge in [-0.1, -0.05) is 51.1 Å². The lowest BCUT2D eigenvalue weighted by Gasteiger charge is -2.26. The minimum Gasteiger partial charge on any atom is -0.324 e. The Morgan fingerprint density at radius 1 is 1.10 bits per heavy atom. The summed E-state index contributed by atoms with van der Waals surface area (Å²) in [6.45, 7) is 8.52. The van der Waals surface area contributed by atoms with Gasteiger partial charge in [-0.3, -0.25) is 0 Å². The van der Waals surface area contributed by atoms with Gasteiger partial charge in [0.1, 0.15) is 5.82 Å². The Morgan fingerprint density at radius 3 is 2.38 bits per heavy atom. The van der Waals surface area contributed by atoms with Crippen molar-refractivity contribution in [3.05, 3.63) is 70.5 Å². The van der Waals surface area contributed by atoms with Crippen LogP contribution in [-0.4, -0.2) is 0 Å². The first-order valence-corrected chi connectivity index (χ1v) is 7.39. The summed E-state index contributed by atoms with van der Waals surface area (Å²) in [4.78, 5) is 0. The van der Waals surface area contributed by atoms with Crippen molar-refractivity contribution in [3.8, 4) is 0 Å². The second kappa shape index (κ2) is 5.98. The average Bonchev–Trinajstić information content (AvgIpc) is 2.41.